The van der Waals surface area contributed by atoms with E-state index in [0.29, 0.717) is 26.6 Å². The molecule has 114 valence electrons. The highest BCUT2D eigenvalue weighted by molar-refractivity contribution is 7.99. The normalized spacial score (nSPS) is 16.4. The lowest BCUT2D eigenvalue weighted by Crippen LogP contribution is -2.26. The maximum absolute atomic E-state index is 12.2. The van der Waals surface area contributed by atoms with Crippen LogP contribution in [0.4, 0.5) is 5.69 Å². The number of hydrogen-bond donors (Lipinski definition) is 1. The first-order chi connectivity index (χ1) is 10.5. The maximum atomic E-state index is 12.2. The summed E-state index contributed by atoms with van der Waals surface area (Å²) in [5.41, 5.74) is 0.317. The van der Waals surface area contributed by atoms with Gasteiger partial charge in [0.05, 0.1) is 16.8 Å². The number of aromatic nitrogens is 2. The van der Waals surface area contributed by atoms with Crippen LogP contribution in [0, 0.1) is 0 Å². The highest BCUT2D eigenvalue weighted by Gasteiger charge is 2.26. The molecule has 0 bridgehead atoms. The molecule has 22 heavy (non-hydrogen) atoms. The fourth-order valence-electron chi connectivity index (χ4n) is 2.25. The van der Waals surface area contributed by atoms with E-state index in [9.17, 15) is 9.59 Å². The Morgan fingerprint density at radius 1 is 1.41 bits per heavy atom. The van der Waals surface area contributed by atoms with Crippen LogP contribution in [0.2, 0.25) is 10.0 Å². The summed E-state index contributed by atoms with van der Waals surface area (Å²) in [4.78, 5) is 28.2. The molecule has 1 aliphatic heterocycles. The Morgan fingerprint density at radius 2 is 2.23 bits per heavy atom. The van der Waals surface area contributed by atoms with Crippen molar-refractivity contribution >= 4 is 46.6 Å². The molecule has 0 fully saturated rings. The van der Waals surface area contributed by atoms with Crippen LogP contribution in [0.15, 0.2) is 40.4 Å². The van der Waals surface area contributed by atoms with E-state index in [0.717, 1.165) is 0 Å². The van der Waals surface area contributed by atoms with Crippen molar-refractivity contribution in [3.8, 4) is 0 Å². The number of carbonyl (C=O) groups is 1. The van der Waals surface area contributed by atoms with Gasteiger partial charge in [-0.25, -0.2) is 4.98 Å². The Morgan fingerprint density at radius 3 is 3.05 bits per heavy atom. The molecule has 0 saturated carbocycles. The largest absolute Gasteiger partial charge is 0.325 e. The van der Waals surface area contributed by atoms with Crippen molar-refractivity contribution in [1.29, 1.82) is 0 Å². The zero-order valence-corrected chi connectivity index (χ0v) is 13.6. The van der Waals surface area contributed by atoms with Crippen LogP contribution in [-0.4, -0.2) is 21.2 Å². The molecule has 5 nitrogen and oxygen atoms in total. The minimum atomic E-state index is -0.224. The van der Waals surface area contributed by atoms with Crippen LogP contribution in [0.25, 0.3) is 0 Å². The number of thioether (sulfide) groups is 1. The Labute approximate surface area is 140 Å². The molecule has 1 aromatic heterocycles. The van der Waals surface area contributed by atoms with E-state index in [4.69, 9.17) is 23.2 Å². The van der Waals surface area contributed by atoms with Gasteiger partial charge in [0.15, 0.2) is 5.16 Å². The minimum Gasteiger partial charge on any atom is -0.325 e. The zero-order chi connectivity index (χ0) is 15.7. The highest BCUT2D eigenvalue weighted by atomic mass is 35.5. The number of benzene rings is 1. The summed E-state index contributed by atoms with van der Waals surface area (Å²) < 4.78 is 1.56. The average molecular weight is 356 g/mol. The number of carbonyl (C=O) groups excluding carboxylic acids is 1. The van der Waals surface area contributed by atoms with Crippen molar-refractivity contribution in [3.05, 3.63) is 50.9 Å². The van der Waals surface area contributed by atoms with Crippen molar-refractivity contribution in [2.45, 2.75) is 17.6 Å². The van der Waals surface area contributed by atoms with Gasteiger partial charge in [0.1, 0.15) is 0 Å². The van der Waals surface area contributed by atoms with E-state index in [1.165, 1.54) is 24.0 Å². The van der Waals surface area contributed by atoms with Gasteiger partial charge in [-0.05, 0) is 18.2 Å². The van der Waals surface area contributed by atoms with Crippen molar-refractivity contribution in [2.75, 3.05) is 11.1 Å². The lowest BCUT2D eigenvalue weighted by atomic mass is 10.2. The second-order valence-corrected chi connectivity index (χ2v) is 6.61. The first kappa shape index (κ1) is 15.4. The molecule has 2 aromatic rings. The van der Waals surface area contributed by atoms with Gasteiger partial charge in [-0.3, -0.25) is 14.2 Å². The molecule has 0 spiro atoms. The van der Waals surface area contributed by atoms with Gasteiger partial charge < -0.3 is 5.32 Å². The van der Waals surface area contributed by atoms with E-state index < -0.39 is 0 Å². The van der Waals surface area contributed by atoms with Crippen LogP contribution in [0.3, 0.4) is 0 Å². The second kappa shape index (κ2) is 6.32. The minimum absolute atomic E-state index is 0.145. The standard InChI is InChI=1S/C14H11Cl2N3O2S/c15-8-1-2-10(16)11(5-8)18-12(20)6-9-7-22-14-17-4-3-13(21)19(9)14/h1-5,9H,6-7H2,(H,18,20). The predicted molar refractivity (Wildman–Crippen MR) is 88.0 cm³/mol. The van der Waals surface area contributed by atoms with Gasteiger partial charge in [-0.15, -0.1) is 0 Å². The Bertz CT molecular complexity index is 794. The molecule has 0 saturated heterocycles. The van der Waals surface area contributed by atoms with Crippen molar-refractivity contribution in [1.82, 2.24) is 9.55 Å². The van der Waals surface area contributed by atoms with Crippen LogP contribution in [-0.2, 0) is 4.79 Å². The van der Waals surface area contributed by atoms with Gasteiger partial charge in [-0.2, -0.15) is 0 Å². The maximum Gasteiger partial charge on any atom is 0.254 e. The van der Waals surface area contributed by atoms with Crippen molar-refractivity contribution < 1.29 is 4.79 Å². The molecule has 1 aliphatic rings. The first-order valence-electron chi connectivity index (χ1n) is 6.50. The van der Waals surface area contributed by atoms with E-state index in [2.05, 4.69) is 10.3 Å². The number of hydrogen-bond acceptors (Lipinski definition) is 4. The van der Waals surface area contributed by atoms with Crippen LogP contribution >= 0.6 is 35.0 Å². The van der Waals surface area contributed by atoms with Crippen molar-refractivity contribution in [3.63, 3.8) is 0 Å². The van der Waals surface area contributed by atoms with Gasteiger partial charge in [0.2, 0.25) is 5.91 Å². The van der Waals surface area contributed by atoms with Gasteiger partial charge >= 0.3 is 0 Å². The summed E-state index contributed by atoms with van der Waals surface area (Å²) in [6, 6.07) is 6.05. The number of rotatable bonds is 3. The summed E-state index contributed by atoms with van der Waals surface area (Å²) in [6.07, 6.45) is 1.66. The van der Waals surface area contributed by atoms with Gasteiger partial charge in [0, 0.05) is 29.5 Å². The summed E-state index contributed by atoms with van der Waals surface area (Å²) in [5.74, 6) is 0.418. The third kappa shape index (κ3) is 3.14. The molecular formula is C14H11Cl2N3O2S. The quantitative estimate of drug-likeness (QED) is 0.858. The SMILES string of the molecule is O=C(CC1CSc2nccc(=O)n21)Nc1cc(Cl)ccc1Cl. The molecule has 8 heteroatoms. The number of nitrogens with zero attached hydrogens (tertiary/aromatic N) is 2. The average Bonchev–Trinajstić information content (AvgIpc) is 2.87. The molecule has 0 aliphatic carbocycles. The van der Waals surface area contributed by atoms with Gasteiger partial charge in [-0.1, -0.05) is 35.0 Å². The topological polar surface area (TPSA) is 64.0 Å². The smallest absolute Gasteiger partial charge is 0.254 e. The molecule has 1 N–H and O–H groups in total. The zero-order valence-electron chi connectivity index (χ0n) is 11.3. The van der Waals surface area contributed by atoms with Crippen LogP contribution < -0.4 is 10.9 Å². The number of anilines is 1. The summed E-state index contributed by atoms with van der Waals surface area (Å²) in [7, 11) is 0. The summed E-state index contributed by atoms with van der Waals surface area (Å²) in [5, 5.41) is 4.27. The Kier molecular flexibility index (Phi) is 4.42. The third-order valence-corrected chi connectivity index (χ3v) is 4.92. The highest BCUT2D eigenvalue weighted by Crippen LogP contribution is 2.32. The van der Waals surface area contributed by atoms with E-state index in [1.807, 2.05) is 0 Å². The number of nitrogens with one attached hydrogen (secondary N) is 1. The Hall–Kier alpha value is -1.50. The molecule has 1 amide bonds. The summed E-state index contributed by atoms with van der Waals surface area (Å²) in [6.45, 7) is 0. The lowest BCUT2D eigenvalue weighted by Gasteiger charge is -2.13. The predicted octanol–water partition coefficient (Wildman–Crippen LogP) is 3.23. The lowest BCUT2D eigenvalue weighted by molar-refractivity contribution is -0.116. The van der Waals surface area contributed by atoms with E-state index in [-0.39, 0.29) is 23.9 Å². The molecule has 1 unspecified atom stereocenters. The monoisotopic (exact) mass is 355 g/mol. The number of halogens is 2. The summed E-state index contributed by atoms with van der Waals surface area (Å²) >= 11 is 13.4. The fraction of sp³-hybridized carbons (Fsp3) is 0.214. The second-order valence-electron chi connectivity index (χ2n) is 4.78. The van der Waals surface area contributed by atoms with Gasteiger partial charge in [0.25, 0.3) is 5.56 Å². The van der Waals surface area contributed by atoms with Crippen LogP contribution in [0.5, 0.6) is 0 Å². The molecular weight excluding hydrogens is 345 g/mol. The third-order valence-electron chi connectivity index (χ3n) is 3.24. The van der Waals surface area contributed by atoms with Crippen LogP contribution in [0.1, 0.15) is 12.5 Å². The van der Waals surface area contributed by atoms with E-state index >= 15 is 0 Å². The first-order valence-corrected chi connectivity index (χ1v) is 8.24. The van der Waals surface area contributed by atoms with E-state index in [1.54, 1.807) is 22.8 Å². The molecule has 1 atom stereocenters. The molecule has 1 aromatic carbocycles. The molecule has 3 rings (SSSR count). The molecule has 2 heterocycles. The number of fused-ring (bicyclic) bond motifs is 1. The fourth-order valence-corrected chi connectivity index (χ4v) is 3.71. The Balaban J connectivity index is 1.74. The van der Waals surface area contributed by atoms with Crippen molar-refractivity contribution in [2.24, 2.45) is 0 Å². The molecule has 0 radical (unpaired) electrons. The number of amides is 1.